The second kappa shape index (κ2) is 5.94. The molecule has 1 amide bonds. The van der Waals surface area contributed by atoms with Crippen molar-refractivity contribution in [2.75, 3.05) is 19.8 Å². The van der Waals surface area contributed by atoms with E-state index in [1.54, 1.807) is 0 Å². The smallest absolute Gasteiger partial charge is 0.242 e. The van der Waals surface area contributed by atoms with Crippen molar-refractivity contribution in [1.29, 1.82) is 0 Å². The Hall–Kier alpha value is -1.38. The van der Waals surface area contributed by atoms with E-state index in [0.717, 1.165) is 12.1 Å². The lowest BCUT2D eigenvalue weighted by molar-refractivity contribution is -0.130. The van der Waals surface area contributed by atoms with Gasteiger partial charge in [0.15, 0.2) is 0 Å². The third kappa shape index (κ3) is 3.59. The molecule has 6 nitrogen and oxygen atoms in total. The number of anilines is 1. The number of amides is 1. The molecule has 0 bridgehead atoms. The molecule has 1 rings (SSSR count). The Morgan fingerprint density at radius 2 is 2.00 bits per heavy atom. The number of carbonyl (C=O) groups is 1. The van der Waals surface area contributed by atoms with Gasteiger partial charge >= 0.3 is 0 Å². The van der Waals surface area contributed by atoms with Crippen LogP contribution in [0.2, 0.25) is 5.02 Å². The molecular weight excluding hydrogens is 309 g/mol. The lowest BCUT2D eigenvalue weighted by Crippen LogP contribution is -2.44. The monoisotopic (exact) mass is 323 g/mol. The quantitative estimate of drug-likeness (QED) is 0.802. The summed E-state index contributed by atoms with van der Waals surface area (Å²) in [6, 6.07) is 0.730. The van der Waals surface area contributed by atoms with E-state index in [2.05, 4.69) is 4.72 Å². The highest BCUT2D eigenvalue weighted by Gasteiger charge is 2.25. The van der Waals surface area contributed by atoms with Crippen LogP contribution in [0.1, 0.15) is 6.92 Å². The lowest BCUT2D eigenvalue weighted by atomic mass is 10.3. The minimum Gasteiger partial charge on any atom is -0.396 e. The van der Waals surface area contributed by atoms with E-state index >= 15 is 0 Å². The zero-order chi connectivity index (χ0) is 15.7. The van der Waals surface area contributed by atoms with Crippen LogP contribution in [-0.2, 0) is 14.8 Å². The molecule has 0 aliphatic rings. The van der Waals surface area contributed by atoms with Gasteiger partial charge in [-0.15, -0.1) is 0 Å². The number of hydrogen-bond donors (Lipinski definition) is 2. The van der Waals surface area contributed by atoms with Crippen LogP contribution in [0.25, 0.3) is 0 Å². The Labute approximate surface area is 121 Å². The molecular formula is C11H15ClFN3O3S. The Kier molecular flexibility index (Phi) is 4.95. The first-order valence-electron chi connectivity index (χ1n) is 5.54. The molecule has 1 unspecified atom stereocenters. The molecule has 0 saturated carbocycles. The van der Waals surface area contributed by atoms with Crippen LogP contribution in [0, 0.1) is 5.82 Å². The van der Waals surface area contributed by atoms with Crippen LogP contribution in [0.15, 0.2) is 17.0 Å². The van der Waals surface area contributed by atoms with Crippen LogP contribution in [0.3, 0.4) is 0 Å². The predicted molar refractivity (Wildman–Crippen MR) is 74.3 cm³/mol. The molecule has 9 heteroatoms. The third-order valence-electron chi connectivity index (χ3n) is 2.48. The van der Waals surface area contributed by atoms with Gasteiger partial charge in [0.1, 0.15) is 10.7 Å². The second-order valence-electron chi connectivity index (χ2n) is 4.38. The van der Waals surface area contributed by atoms with Crippen molar-refractivity contribution >= 4 is 33.2 Å². The van der Waals surface area contributed by atoms with Gasteiger partial charge in [0.25, 0.3) is 0 Å². The van der Waals surface area contributed by atoms with Crippen molar-refractivity contribution in [3.8, 4) is 0 Å². The van der Waals surface area contributed by atoms with Gasteiger partial charge in [-0.1, -0.05) is 11.6 Å². The number of sulfonamides is 1. The van der Waals surface area contributed by atoms with E-state index in [4.69, 9.17) is 17.3 Å². The van der Waals surface area contributed by atoms with Crippen molar-refractivity contribution in [2.45, 2.75) is 17.9 Å². The van der Waals surface area contributed by atoms with Gasteiger partial charge in [-0.25, -0.2) is 12.8 Å². The summed E-state index contributed by atoms with van der Waals surface area (Å²) >= 11 is 5.70. The van der Waals surface area contributed by atoms with Gasteiger partial charge in [-0.2, -0.15) is 4.72 Å². The van der Waals surface area contributed by atoms with Crippen molar-refractivity contribution in [2.24, 2.45) is 0 Å². The number of hydrogen-bond acceptors (Lipinski definition) is 4. The minimum absolute atomic E-state index is 0.311. The summed E-state index contributed by atoms with van der Waals surface area (Å²) in [6.45, 7) is 1.39. The van der Waals surface area contributed by atoms with E-state index in [-0.39, 0.29) is 15.6 Å². The molecule has 0 heterocycles. The van der Waals surface area contributed by atoms with Gasteiger partial charge in [-0.3, -0.25) is 4.79 Å². The number of nitrogens with zero attached hydrogens (tertiary/aromatic N) is 1. The zero-order valence-corrected chi connectivity index (χ0v) is 12.7. The normalized spacial score (nSPS) is 13.1. The standard InChI is InChI=1S/C11H15ClFN3O3S/c1-6(11(17)16(2)3)15-20(18,19)10-5-9(14)8(13)4-7(10)12/h4-6,15H,14H2,1-3H3. The number of rotatable bonds is 4. The molecule has 0 aliphatic carbocycles. The van der Waals surface area contributed by atoms with Gasteiger partial charge < -0.3 is 10.6 Å². The Balaban J connectivity index is 3.12. The summed E-state index contributed by atoms with van der Waals surface area (Å²) in [5, 5.41) is -0.311. The maximum atomic E-state index is 13.2. The Morgan fingerprint density at radius 1 is 1.45 bits per heavy atom. The third-order valence-corrected chi connectivity index (χ3v) is 4.49. The van der Waals surface area contributed by atoms with Gasteiger partial charge in [-0.05, 0) is 19.1 Å². The molecule has 0 spiro atoms. The lowest BCUT2D eigenvalue weighted by Gasteiger charge is -2.18. The summed E-state index contributed by atoms with van der Waals surface area (Å²) < 4.78 is 39.5. The fourth-order valence-corrected chi connectivity index (χ4v) is 3.23. The van der Waals surface area contributed by atoms with Crippen LogP contribution >= 0.6 is 11.6 Å². The fourth-order valence-electron chi connectivity index (χ4n) is 1.48. The molecule has 112 valence electrons. The van der Waals surface area contributed by atoms with Crippen molar-refractivity contribution in [3.05, 3.63) is 23.0 Å². The largest absolute Gasteiger partial charge is 0.396 e. The van der Waals surface area contributed by atoms with Gasteiger partial charge in [0.05, 0.1) is 16.8 Å². The number of carbonyl (C=O) groups excluding carboxylic acids is 1. The van der Waals surface area contributed by atoms with E-state index in [1.807, 2.05) is 0 Å². The van der Waals surface area contributed by atoms with E-state index in [0.29, 0.717) is 0 Å². The summed E-state index contributed by atoms with van der Waals surface area (Å²) in [5.41, 5.74) is 4.98. The number of nitrogens with one attached hydrogen (secondary N) is 1. The number of nitrogens with two attached hydrogens (primary N) is 1. The van der Waals surface area contributed by atoms with Crippen LogP contribution < -0.4 is 10.5 Å². The van der Waals surface area contributed by atoms with E-state index in [1.165, 1.54) is 25.9 Å². The zero-order valence-electron chi connectivity index (χ0n) is 11.1. The second-order valence-corrected chi connectivity index (χ2v) is 6.47. The molecule has 1 aromatic carbocycles. The minimum atomic E-state index is -4.08. The maximum Gasteiger partial charge on any atom is 0.242 e. The van der Waals surface area contributed by atoms with Crippen molar-refractivity contribution in [3.63, 3.8) is 0 Å². The number of benzene rings is 1. The van der Waals surface area contributed by atoms with E-state index < -0.39 is 27.8 Å². The Morgan fingerprint density at radius 3 is 2.50 bits per heavy atom. The number of nitrogen functional groups attached to an aromatic ring is 1. The molecule has 0 radical (unpaired) electrons. The van der Waals surface area contributed by atoms with Crippen LogP contribution in [-0.4, -0.2) is 39.4 Å². The molecule has 1 atom stereocenters. The highest BCUT2D eigenvalue weighted by atomic mass is 35.5. The van der Waals surface area contributed by atoms with E-state index in [9.17, 15) is 17.6 Å². The first kappa shape index (κ1) is 16.7. The molecule has 0 aliphatic heterocycles. The highest BCUT2D eigenvalue weighted by molar-refractivity contribution is 7.89. The summed E-state index contributed by atoms with van der Waals surface area (Å²) in [6.07, 6.45) is 0. The fraction of sp³-hybridized carbons (Fsp3) is 0.364. The molecule has 0 fully saturated rings. The molecule has 20 heavy (non-hydrogen) atoms. The highest BCUT2D eigenvalue weighted by Crippen LogP contribution is 2.26. The number of halogens is 2. The number of likely N-dealkylation sites (N-methyl/N-ethyl adjacent to an activating group) is 1. The Bertz CT molecular complexity index is 634. The van der Waals surface area contributed by atoms with Crippen LogP contribution in [0.4, 0.5) is 10.1 Å². The first-order chi connectivity index (χ1) is 9.06. The van der Waals surface area contributed by atoms with Gasteiger partial charge in [0.2, 0.25) is 15.9 Å². The average molecular weight is 324 g/mol. The summed E-state index contributed by atoms with van der Waals surface area (Å²) in [7, 11) is -1.09. The predicted octanol–water partition coefficient (Wildman–Crippen LogP) is 0.816. The van der Waals surface area contributed by atoms with Crippen molar-refractivity contribution in [1.82, 2.24) is 9.62 Å². The van der Waals surface area contributed by atoms with Crippen LogP contribution in [0.5, 0.6) is 0 Å². The first-order valence-corrected chi connectivity index (χ1v) is 7.40. The van der Waals surface area contributed by atoms with Crippen molar-refractivity contribution < 1.29 is 17.6 Å². The summed E-state index contributed by atoms with van der Waals surface area (Å²) in [4.78, 5) is 12.5. The molecule has 3 N–H and O–H groups in total. The molecule has 0 saturated heterocycles. The molecule has 0 aromatic heterocycles. The maximum absolute atomic E-state index is 13.2. The summed E-state index contributed by atoms with van der Waals surface area (Å²) in [5.74, 6) is -1.24. The average Bonchev–Trinajstić information content (AvgIpc) is 2.31. The molecule has 1 aromatic rings. The topological polar surface area (TPSA) is 92.5 Å². The SMILES string of the molecule is CC(NS(=O)(=O)c1cc(N)c(F)cc1Cl)C(=O)N(C)C. The van der Waals surface area contributed by atoms with Gasteiger partial charge in [0, 0.05) is 14.1 Å².